The third kappa shape index (κ3) is 6.40. The van der Waals surface area contributed by atoms with Gasteiger partial charge in [-0.25, -0.2) is 0 Å². The van der Waals surface area contributed by atoms with Crippen molar-refractivity contribution in [3.05, 3.63) is 48.0 Å². The maximum Gasteiger partial charge on any atom is 0.305 e. The number of benzene rings is 3. The number of hydrogen-bond donors (Lipinski definition) is 0. The predicted octanol–water partition coefficient (Wildman–Crippen LogP) is 6.00. The first kappa shape index (κ1) is 25.3. The van der Waals surface area contributed by atoms with Gasteiger partial charge in [0.1, 0.15) is 37.9 Å². The molecule has 0 aliphatic rings. The van der Waals surface area contributed by atoms with Crippen molar-refractivity contribution in [1.29, 1.82) is 0 Å². The predicted molar refractivity (Wildman–Crippen MR) is 134 cm³/mol. The number of carbonyl (C=O) groups excluding carboxylic acids is 2. The van der Waals surface area contributed by atoms with Crippen LogP contribution < -0.4 is 9.47 Å². The SMILES string of the molecule is CCCC(=O)OCCOc1c2ccccc2c(OCCOC(=O)CCC)c2cc(CC)ccc12. The minimum Gasteiger partial charge on any atom is -0.489 e. The summed E-state index contributed by atoms with van der Waals surface area (Å²) in [4.78, 5) is 23.4. The summed E-state index contributed by atoms with van der Waals surface area (Å²) in [7, 11) is 0. The Hall–Kier alpha value is -3.28. The summed E-state index contributed by atoms with van der Waals surface area (Å²) in [5, 5.41) is 3.70. The van der Waals surface area contributed by atoms with Crippen LogP contribution in [-0.2, 0) is 25.5 Å². The van der Waals surface area contributed by atoms with E-state index in [1.807, 2.05) is 44.2 Å². The Kier molecular flexibility index (Phi) is 9.56. The molecular weight excluding hydrogens is 432 g/mol. The average molecular weight is 467 g/mol. The van der Waals surface area contributed by atoms with Gasteiger partial charge >= 0.3 is 11.9 Å². The van der Waals surface area contributed by atoms with Crippen LogP contribution in [0.25, 0.3) is 21.5 Å². The summed E-state index contributed by atoms with van der Waals surface area (Å²) in [6, 6.07) is 14.2. The highest BCUT2D eigenvalue weighted by Crippen LogP contribution is 2.43. The third-order valence-corrected chi connectivity index (χ3v) is 5.49. The van der Waals surface area contributed by atoms with E-state index in [1.54, 1.807) is 0 Å². The van der Waals surface area contributed by atoms with Gasteiger partial charge in [0.15, 0.2) is 0 Å². The van der Waals surface area contributed by atoms with Gasteiger partial charge in [-0.1, -0.05) is 57.2 Å². The van der Waals surface area contributed by atoms with Gasteiger partial charge in [0, 0.05) is 34.4 Å². The monoisotopic (exact) mass is 466 g/mol. The molecule has 0 atom stereocenters. The Morgan fingerprint density at radius 3 is 1.65 bits per heavy atom. The van der Waals surface area contributed by atoms with Crippen molar-refractivity contribution in [3.8, 4) is 11.5 Å². The van der Waals surface area contributed by atoms with E-state index < -0.39 is 0 Å². The zero-order valence-electron chi connectivity index (χ0n) is 20.4. The molecule has 0 unspecified atom stereocenters. The second-order valence-electron chi connectivity index (χ2n) is 8.08. The van der Waals surface area contributed by atoms with E-state index in [0.29, 0.717) is 12.8 Å². The van der Waals surface area contributed by atoms with Crippen LogP contribution in [0.5, 0.6) is 11.5 Å². The first-order chi connectivity index (χ1) is 16.6. The van der Waals surface area contributed by atoms with Crippen LogP contribution in [0.1, 0.15) is 52.0 Å². The highest BCUT2D eigenvalue weighted by atomic mass is 16.6. The molecule has 0 aromatic heterocycles. The van der Waals surface area contributed by atoms with Gasteiger partial charge in [-0.15, -0.1) is 0 Å². The van der Waals surface area contributed by atoms with Crippen LogP contribution in [0.4, 0.5) is 0 Å². The number of fused-ring (bicyclic) bond motifs is 2. The molecule has 0 amide bonds. The largest absolute Gasteiger partial charge is 0.489 e. The second-order valence-corrected chi connectivity index (χ2v) is 8.08. The summed E-state index contributed by atoms with van der Waals surface area (Å²) in [5.74, 6) is 1.06. The molecule has 6 nitrogen and oxygen atoms in total. The number of ether oxygens (including phenoxy) is 4. The Morgan fingerprint density at radius 2 is 1.15 bits per heavy atom. The highest BCUT2D eigenvalue weighted by molar-refractivity contribution is 6.11. The number of aryl methyl sites for hydroxylation is 1. The number of hydrogen-bond acceptors (Lipinski definition) is 6. The van der Waals surface area contributed by atoms with E-state index in [2.05, 4.69) is 19.1 Å². The van der Waals surface area contributed by atoms with Crippen LogP contribution >= 0.6 is 0 Å². The molecule has 34 heavy (non-hydrogen) atoms. The molecule has 0 spiro atoms. The van der Waals surface area contributed by atoms with Crippen molar-refractivity contribution in [3.63, 3.8) is 0 Å². The number of esters is 2. The lowest BCUT2D eigenvalue weighted by Gasteiger charge is -2.18. The van der Waals surface area contributed by atoms with Crippen molar-refractivity contribution in [2.24, 2.45) is 0 Å². The topological polar surface area (TPSA) is 71.1 Å². The molecule has 6 heteroatoms. The molecule has 0 bridgehead atoms. The Bertz CT molecular complexity index is 1120. The van der Waals surface area contributed by atoms with Crippen LogP contribution in [0, 0.1) is 0 Å². The fraction of sp³-hybridized carbons (Fsp3) is 0.429. The van der Waals surface area contributed by atoms with Crippen LogP contribution in [0.2, 0.25) is 0 Å². The summed E-state index contributed by atoms with van der Waals surface area (Å²) in [6.45, 7) is 6.92. The molecule has 0 saturated heterocycles. The Labute approximate surface area is 201 Å². The fourth-order valence-corrected chi connectivity index (χ4v) is 3.83. The van der Waals surface area contributed by atoms with E-state index >= 15 is 0 Å². The summed E-state index contributed by atoms with van der Waals surface area (Å²) in [6.07, 6.45) is 3.22. The van der Waals surface area contributed by atoms with Crippen molar-refractivity contribution >= 4 is 33.5 Å². The molecule has 0 aliphatic heterocycles. The second kappa shape index (κ2) is 12.8. The zero-order valence-corrected chi connectivity index (χ0v) is 20.4. The zero-order chi connectivity index (χ0) is 24.3. The number of rotatable bonds is 13. The maximum absolute atomic E-state index is 11.7. The van der Waals surface area contributed by atoms with Crippen molar-refractivity contribution in [2.75, 3.05) is 26.4 Å². The van der Waals surface area contributed by atoms with Crippen LogP contribution in [0.3, 0.4) is 0 Å². The Morgan fingerprint density at radius 1 is 0.647 bits per heavy atom. The van der Waals surface area contributed by atoms with Crippen molar-refractivity contribution in [1.82, 2.24) is 0 Å². The molecule has 182 valence electrons. The first-order valence-corrected chi connectivity index (χ1v) is 12.1. The van der Waals surface area contributed by atoms with E-state index in [9.17, 15) is 9.59 Å². The maximum atomic E-state index is 11.7. The molecule has 3 aromatic rings. The smallest absolute Gasteiger partial charge is 0.305 e. The lowest BCUT2D eigenvalue weighted by Crippen LogP contribution is -2.13. The first-order valence-electron chi connectivity index (χ1n) is 12.1. The lowest BCUT2D eigenvalue weighted by molar-refractivity contribution is -0.145. The summed E-state index contributed by atoms with van der Waals surface area (Å²) >= 11 is 0. The fourth-order valence-electron chi connectivity index (χ4n) is 3.83. The molecule has 3 aromatic carbocycles. The highest BCUT2D eigenvalue weighted by Gasteiger charge is 2.17. The lowest BCUT2D eigenvalue weighted by atomic mass is 9.98. The molecule has 0 aliphatic carbocycles. The van der Waals surface area contributed by atoms with Gasteiger partial charge in [-0.2, -0.15) is 0 Å². The molecule has 0 fully saturated rings. The van der Waals surface area contributed by atoms with E-state index in [0.717, 1.165) is 52.3 Å². The average Bonchev–Trinajstić information content (AvgIpc) is 2.85. The minimum atomic E-state index is -0.211. The van der Waals surface area contributed by atoms with E-state index in [1.165, 1.54) is 5.56 Å². The van der Waals surface area contributed by atoms with Crippen LogP contribution in [0.15, 0.2) is 42.5 Å². The molecular formula is C28H34O6. The van der Waals surface area contributed by atoms with Crippen molar-refractivity contribution < 1.29 is 28.5 Å². The molecule has 0 radical (unpaired) electrons. The van der Waals surface area contributed by atoms with Gasteiger partial charge in [0.2, 0.25) is 0 Å². The van der Waals surface area contributed by atoms with Gasteiger partial charge in [-0.05, 0) is 30.9 Å². The molecule has 0 heterocycles. The Balaban J connectivity index is 1.90. The van der Waals surface area contributed by atoms with Gasteiger partial charge < -0.3 is 18.9 Å². The number of carbonyl (C=O) groups is 2. The molecule has 0 N–H and O–H groups in total. The van der Waals surface area contributed by atoms with Crippen molar-refractivity contribution in [2.45, 2.75) is 52.9 Å². The van der Waals surface area contributed by atoms with E-state index in [-0.39, 0.29) is 38.4 Å². The minimum absolute atomic E-state index is 0.197. The third-order valence-electron chi connectivity index (χ3n) is 5.49. The normalized spacial score (nSPS) is 10.9. The summed E-state index contributed by atoms with van der Waals surface area (Å²) in [5.41, 5.74) is 1.18. The van der Waals surface area contributed by atoms with Gasteiger partial charge in [-0.3, -0.25) is 9.59 Å². The van der Waals surface area contributed by atoms with E-state index in [4.69, 9.17) is 18.9 Å². The van der Waals surface area contributed by atoms with Gasteiger partial charge in [0.25, 0.3) is 0 Å². The molecule has 0 saturated carbocycles. The molecule has 3 rings (SSSR count). The van der Waals surface area contributed by atoms with Gasteiger partial charge in [0.05, 0.1) is 0 Å². The summed E-state index contributed by atoms with van der Waals surface area (Å²) < 4.78 is 22.9. The quantitative estimate of drug-likeness (QED) is 0.175. The van der Waals surface area contributed by atoms with Crippen LogP contribution in [-0.4, -0.2) is 38.4 Å². The standard InChI is InChI=1S/C28H34O6/c1-4-9-25(29)31-15-17-33-27-21-11-7-8-12-22(21)28(34-18-16-32-26(30)10-5-2)24-19-20(6-3)13-14-23(24)27/h7-8,11-14,19H,4-6,9-10,15-18H2,1-3H3.